The lowest BCUT2D eigenvalue weighted by Gasteiger charge is -2.31. The zero-order valence-corrected chi connectivity index (χ0v) is 18.2. The number of carbonyl (C=O) groups is 1. The van der Waals surface area contributed by atoms with E-state index in [0.717, 1.165) is 11.8 Å². The topological polar surface area (TPSA) is 75.3 Å². The SMILES string of the molecule is C=C(NC(O)C(C)(C)C/C=C/C=C(F)\C=C/c1ccc(F)cc1)S/C(C=O)=C(/C)N. The molecule has 0 saturated carbocycles. The van der Waals surface area contributed by atoms with Crippen molar-refractivity contribution >= 4 is 24.1 Å². The number of nitrogens with one attached hydrogen (secondary N) is 1. The van der Waals surface area contributed by atoms with Gasteiger partial charge >= 0.3 is 0 Å². The fourth-order valence-electron chi connectivity index (χ4n) is 2.16. The van der Waals surface area contributed by atoms with Gasteiger partial charge in [0.1, 0.15) is 17.9 Å². The molecular weight excluding hydrogens is 406 g/mol. The van der Waals surface area contributed by atoms with Gasteiger partial charge in [-0.3, -0.25) is 4.79 Å². The molecule has 1 unspecified atom stereocenters. The molecule has 0 heterocycles. The van der Waals surface area contributed by atoms with Crippen LogP contribution in [-0.2, 0) is 4.79 Å². The number of carbonyl (C=O) groups excluding carboxylic acids is 1. The van der Waals surface area contributed by atoms with Crippen LogP contribution >= 0.6 is 11.8 Å². The number of rotatable bonds is 11. The maximum Gasteiger partial charge on any atom is 0.158 e. The Bertz CT molecular complexity index is 852. The molecule has 1 aromatic rings. The van der Waals surface area contributed by atoms with E-state index in [0.29, 0.717) is 33.9 Å². The Morgan fingerprint density at radius 1 is 1.37 bits per heavy atom. The Labute approximate surface area is 180 Å². The van der Waals surface area contributed by atoms with E-state index in [4.69, 9.17) is 5.73 Å². The molecule has 0 aliphatic rings. The van der Waals surface area contributed by atoms with Crippen molar-refractivity contribution in [1.29, 1.82) is 0 Å². The van der Waals surface area contributed by atoms with Crippen molar-refractivity contribution in [2.24, 2.45) is 11.1 Å². The van der Waals surface area contributed by atoms with Gasteiger partial charge < -0.3 is 16.2 Å². The van der Waals surface area contributed by atoms with Crippen LogP contribution in [0, 0.1) is 11.2 Å². The average molecular weight is 435 g/mol. The molecule has 4 nitrogen and oxygen atoms in total. The molecule has 0 aliphatic heterocycles. The highest BCUT2D eigenvalue weighted by atomic mass is 32.2. The summed E-state index contributed by atoms with van der Waals surface area (Å²) in [6.45, 7) is 9.07. The minimum atomic E-state index is -0.944. The van der Waals surface area contributed by atoms with Crippen molar-refractivity contribution in [3.63, 3.8) is 0 Å². The first-order valence-electron chi connectivity index (χ1n) is 9.24. The molecule has 0 aromatic heterocycles. The van der Waals surface area contributed by atoms with Crippen LogP contribution in [0.1, 0.15) is 32.8 Å². The third kappa shape index (κ3) is 9.24. The fourth-order valence-corrected chi connectivity index (χ4v) is 2.80. The lowest BCUT2D eigenvalue weighted by Crippen LogP contribution is -2.40. The Kier molecular flexibility index (Phi) is 10.3. The minimum Gasteiger partial charge on any atom is -0.401 e. The molecular formula is C23H28F2N2O2S. The van der Waals surface area contributed by atoms with Gasteiger partial charge in [0.2, 0.25) is 0 Å². The quantitative estimate of drug-likeness (QED) is 0.194. The zero-order chi connectivity index (χ0) is 22.7. The second-order valence-corrected chi connectivity index (χ2v) is 8.43. The Morgan fingerprint density at radius 2 is 2.00 bits per heavy atom. The molecule has 30 heavy (non-hydrogen) atoms. The summed E-state index contributed by atoms with van der Waals surface area (Å²) in [6, 6.07) is 5.73. The molecule has 0 amide bonds. The molecule has 7 heteroatoms. The van der Waals surface area contributed by atoms with Gasteiger partial charge in [-0.1, -0.05) is 62.5 Å². The predicted octanol–water partition coefficient (Wildman–Crippen LogP) is 5.17. The second kappa shape index (κ2) is 12.1. The first-order chi connectivity index (χ1) is 14.0. The number of thioether (sulfide) groups is 1. The van der Waals surface area contributed by atoms with Crippen molar-refractivity contribution in [3.8, 4) is 0 Å². The van der Waals surface area contributed by atoms with Crippen LogP contribution in [0.3, 0.4) is 0 Å². The van der Waals surface area contributed by atoms with E-state index in [9.17, 15) is 18.7 Å². The number of aldehydes is 1. The van der Waals surface area contributed by atoms with Gasteiger partial charge in [0.05, 0.1) is 9.93 Å². The molecule has 0 aliphatic carbocycles. The predicted molar refractivity (Wildman–Crippen MR) is 121 cm³/mol. The molecule has 0 saturated heterocycles. The summed E-state index contributed by atoms with van der Waals surface area (Å²) in [5, 5.41) is 13.7. The van der Waals surface area contributed by atoms with Crippen LogP contribution in [0.25, 0.3) is 6.08 Å². The van der Waals surface area contributed by atoms with Crippen molar-refractivity contribution in [3.05, 3.63) is 88.0 Å². The number of halogens is 2. The Morgan fingerprint density at radius 3 is 2.57 bits per heavy atom. The maximum absolute atomic E-state index is 13.9. The highest BCUT2D eigenvalue weighted by Crippen LogP contribution is 2.28. The van der Waals surface area contributed by atoms with Crippen molar-refractivity contribution in [2.75, 3.05) is 0 Å². The number of aliphatic hydroxyl groups excluding tert-OH is 1. The second-order valence-electron chi connectivity index (χ2n) is 7.29. The summed E-state index contributed by atoms with van der Waals surface area (Å²) >= 11 is 1.05. The minimum absolute atomic E-state index is 0.326. The third-order valence-electron chi connectivity index (χ3n) is 4.11. The Hall–Kier alpha value is -2.64. The summed E-state index contributed by atoms with van der Waals surface area (Å²) in [5.74, 6) is -0.801. The van der Waals surface area contributed by atoms with Gasteiger partial charge in [-0.2, -0.15) is 0 Å². The number of hydrogen-bond acceptors (Lipinski definition) is 5. The summed E-state index contributed by atoms with van der Waals surface area (Å²) in [6.07, 6.45) is 7.59. The van der Waals surface area contributed by atoms with E-state index in [2.05, 4.69) is 11.9 Å². The molecule has 0 bridgehead atoms. The first-order valence-corrected chi connectivity index (χ1v) is 10.1. The fraction of sp³-hybridized carbons (Fsp3) is 0.261. The summed E-state index contributed by atoms with van der Waals surface area (Å²) in [7, 11) is 0. The van der Waals surface area contributed by atoms with E-state index in [1.165, 1.54) is 24.3 Å². The molecule has 1 aromatic carbocycles. The van der Waals surface area contributed by atoms with Crippen molar-refractivity contribution in [1.82, 2.24) is 5.32 Å². The molecule has 0 spiro atoms. The number of aliphatic hydroxyl groups is 1. The normalized spacial score (nSPS) is 14.7. The monoisotopic (exact) mass is 434 g/mol. The van der Waals surface area contributed by atoms with Gasteiger partial charge in [-0.05, 0) is 43.2 Å². The molecule has 1 atom stereocenters. The maximum atomic E-state index is 13.9. The standard InChI is InChI=1S/C23H28F2N2O2S/c1-16(26)21(15-28)30-17(2)27-22(29)23(3,4)14-6-5-7-19(24)11-8-18-9-12-20(25)13-10-18/h5-13,15,22,27,29H,2,14,26H2,1,3-4H3/b6-5+,11-8-,19-7+,21-16-. The molecule has 0 radical (unpaired) electrons. The molecule has 162 valence electrons. The van der Waals surface area contributed by atoms with Crippen LogP contribution in [0.2, 0.25) is 0 Å². The lowest BCUT2D eigenvalue weighted by atomic mass is 9.87. The van der Waals surface area contributed by atoms with Crippen LogP contribution in [0.15, 0.2) is 76.6 Å². The van der Waals surface area contributed by atoms with Crippen molar-refractivity contribution < 1.29 is 18.7 Å². The van der Waals surface area contributed by atoms with E-state index in [1.807, 2.05) is 13.8 Å². The van der Waals surface area contributed by atoms with Crippen LogP contribution in [0.4, 0.5) is 8.78 Å². The summed E-state index contributed by atoms with van der Waals surface area (Å²) in [5.41, 5.74) is 6.08. The average Bonchev–Trinajstić information content (AvgIpc) is 2.68. The van der Waals surface area contributed by atoms with E-state index >= 15 is 0 Å². The first kappa shape index (κ1) is 25.4. The summed E-state index contributed by atoms with van der Waals surface area (Å²) < 4.78 is 26.7. The molecule has 1 rings (SSSR count). The highest BCUT2D eigenvalue weighted by Gasteiger charge is 2.27. The van der Waals surface area contributed by atoms with E-state index < -0.39 is 17.5 Å². The van der Waals surface area contributed by atoms with Crippen LogP contribution in [0.5, 0.6) is 0 Å². The third-order valence-corrected chi connectivity index (χ3v) is 5.11. The van der Waals surface area contributed by atoms with Gasteiger partial charge in [-0.25, -0.2) is 8.78 Å². The summed E-state index contributed by atoms with van der Waals surface area (Å²) in [4.78, 5) is 11.3. The van der Waals surface area contributed by atoms with Gasteiger partial charge in [-0.15, -0.1) is 0 Å². The van der Waals surface area contributed by atoms with Gasteiger partial charge in [0.25, 0.3) is 0 Å². The largest absolute Gasteiger partial charge is 0.401 e. The molecule has 0 fully saturated rings. The number of nitrogens with two attached hydrogens (primary N) is 1. The molecule has 4 N–H and O–H groups in total. The van der Waals surface area contributed by atoms with E-state index in [-0.39, 0.29) is 5.82 Å². The van der Waals surface area contributed by atoms with Crippen LogP contribution < -0.4 is 11.1 Å². The Balaban J connectivity index is 2.59. The van der Waals surface area contributed by atoms with Gasteiger partial charge in [0.15, 0.2) is 6.29 Å². The van der Waals surface area contributed by atoms with E-state index in [1.54, 1.807) is 37.3 Å². The van der Waals surface area contributed by atoms with Crippen molar-refractivity contribution in [2.45, 2.75) is 33.4 Å². The number of benzene rings is 1. The smallest absolute Gasteiger partial charge is 0.158 e. The number of hydrogen-bond donors (Lipinski definition) is 3. The van der Waals surface area contributed by atoms with Gasteiger partial charge in [0, 0.05) is 11.1 Å². The highest BCUT2D eigenvalue weighted by molar-refractivity contribution is 8.07. The van der Waals surface area contributed by atoms with Crippen LogP contribution in [-0.4, -0.2) is 17.6 Å². The zero-order valence-electron chi connectivity index (χ0n) is 17.4. The number of allylic oxidation sites excluding steroid dienone is 7. The lowest BCUT2D eigenvalue weighted by molar-refractivity contribution is -0.104.